The van der Waals surface area contributed by atoms with Crippen molar-refractivity contribution >= 4 is 20.0 Å². The van der Waals surface area contributed by atoms with E-state index in [1.165, 1.54) is 0 Å². The van der Waals surface area contributed by atoms with Gasteiger partial charge in [-0.25, -0.2) is 27.1 Å². The highest BCUT2D eigenvalue weighted by Gasteiger charge is 2.44. The summed E-state index contributed by atoms with van der Waals surface area (Å²) in [6.07, 6.45) is 2.80. The van der Waals surface area contributed by atoms with Gasteiger partial charge in [-0.1, -0.05) is 54.4 Å². The molecule has 0 rings (SSSR count). The SMILES string of the molecule is CCCC(OC(CCC)C(C)(C)C(C)S(N)(=O)=O)C(C)(CC)CS(N)(=O)=O. The minimum atomic E-state index is -3.74. The van der Waals surface area contributed by atoms with Crippen LogP contribution in [0, 0.1) is 10.8 Å². The summed E-state index contributed by atoms with van der Waals surface area (Å²) < 4.78 is 54.0. The van der Waals surface area contributed by atoms with Crippen molar-refractivity contribution in [3.8, 4) is 0 Å². The lowest BCUT2D eigenvalue weighted by Crippen LogP contribution is -2.50. The van der Waals surface area contributed by atoms with Gasteiger partial charge >= 0.3 is 0 Å². The van der Waals surface area contributed by atoms with Gasteiger partial charge in [0.05, 0.1) is 23.2 Å². The Kier molecular flexibility index (Phi) is 9.92. The van der Waals surface area contributed by atoms with E-state index in [1.807, 2.05) is 41.5 Å². The van der Waals surface area contributed by atoms with Crippen LogP contribution in [0.15, 0.2) is 0 Å². The molecule has 0 bridgehead atoms. The van der Waals surface area contributed by atoms with Gasteiger partial charge in [0.2, 0.25) is 20.0 Å². The molecular weight excluding hydrogens is 388 g/mol. The first-order valence-electron chi connectivity index (χ1n) is 9.72. The number of rotatable bonds is 13. The molecular formula is C18H40N2O5S2. The van der Waals surface area contributed by atoms with Gasteiger partial charge in [0.25, 0.3) is 0 Å². The average Bonchev–Trinajstić information content (AvgIpc) is 2.50. The highest BCUT2D eigenvalue weighted by Crippen LogP contribution is 2.39. The molecule has 0 saturated carbocycles. The van der Waals surface area contributed by atoms with Crippen molar-refractivity contribution in [1.29, 1.82) is 0 Å². The Bertz CT molecular complexity index is 648. The molecule has 0 aromatic rings. The number of hydrogen-bond donors (Lipinski definition) is 2. The fourth-order valence-corrected chi connectivity index (χ4v) is 5.79. The van der Waals surface area contributed by atoms with Crippen LogP contribution in [0.4, 0.5) is 0 Å². The Balaban J connectivity index is 5.94. The largest absolute Gasteiger partial charge is 0.374 e. The minimum Gasteiger partial charge on any atom is -0.374 e. The molecule has 4 atom stereocenters. The average molecular weight is 429 g/mol. The maximum atomic E-state index is 12.0. The quantitative estimate of drug-likeness (QED) is 0.466. The number of primary sulfonamides is 2. The van der Waals surface area contributed by atoms with E-state index in [2.05, 4.69) is 0 Å². The summed E-state index contributed by atoms with van der Waals surface area (Å²) in [5.74, 6) is -0.175. The van der Waals surface area contributed by atoms with Crippen molar-refractivity contribution < 1.29 is 21.6 Å². The summed E-state index contributed by atoms with van der Waals surface area (Å²) in [6.45, 7) is 13.1. The maximum absolute atomic E-state index is 12.0. The van der Waals surface area contributed by atoms with Crippen molar-refractivity contribution in [1.82, 2.24) is 0 Å². The third kappa shape index (κ3) is 7.97. The zero-order chi connectivity index (χ0) is 21.7. The van der Waals surface area contributed by atoms with Crippen LogP contribution in [-0.2, 0) is 24.8 Å². The number of nitrogens with two attached hydrogens (primary N) is 2. The smallest absolute Gasteiger partial charge is 0.212 e. The van der Waals surface area contributed by atoms with E-state index in [0.29, 0.717) is 19.3 Å². The van der Waals surface area contributed by atoms with Crippen molar-refractivity contribution in [3.63, 3.8) is 0 Å². The lowest BCUT2D eigenvalue weighted by atomic mass is 9.78. The molecule has 0 aliphatic rings. The highest BCUT2D eigenvalue weighted by molar-refractivity contribution is 7.89. The molecule has 164 valence electrons. The second-order valence-electron chi connectivity index (χ2n) is 8.56. The standard InChI is InChI=1S/C18H40N2O5S2/c1-8-11-15(17(5,6)14(4)27(20,23)24)25-16(12-9-2)18(7,10-3)13-26(19,21)22/h14-16H,8-13H2,1-7H3,(H2,19,21,22)(H2,20,23,24). The lowest BCUT2D eigenvalue weighted by Gasteiger charge is -2.44. The van der Waals surface area contributed by atoms with Crippen LogP contribution >= 0.6 is 0 Å². The molecule has 0 amide bonds. The summed E-state index contributed by atoms with van der Waals surface area (Å²) in [4.78, 5) is 0. The molecule has 0 fully saturated rings. The maximum Gasteiger partial charge on any atom is 0.212 e. The first-order valence-corrected chi connectivity index (χ1v) is 13.0. The molecule has 0 aromatic carbocycles. The molecule has 0 spiro atoms. The Labute approximate surface area is 166 Å². The van der Waals surface area contributed by atoms with E-state index in [4.69, 9.17) is 15.0 Å². The molecule has 0 radical (unpaired) electrons. The first-order chi connectivity index (χ1) is 12.0. The van der Waals surface area contributed by atoms with E-state index in [9.17, 15) is 16.8 Å². The van der Waals surface area contributed by atoms with Gasteiger partial charge in [0.1, 0.15) is 0 Å². The van der Waals surface area contributed by atoms with E-state index in [1.54, 1.807) is 6.92 Å². The van der Waals surface area contributed by atoms with Gasteiger partial charge < -0.3 is 4.74 Å². The Morgan fingerprint density at radius 2 is 1.33 bits per heavy atom. The second-order valence-corrected chi connectivity index (χ2v) is 12.1. The van der Waals surface area contributed by atoms with Gasteiger partial charge in [0, 0.05) is 10.8 Å². The predicted octanol–water partition coefficient (Wildman–Crippen LogP) is 2.75. The second kappa shape index (κ2) is 10.0. The van der Waals surface area contributed by atoms with Crippen molar-refractivity contribution in [3.05, 3.63) is 0 Å². The summed E-state index contributed by atoms with van der Waals surface area (Å²) in [6, 6.07) is 0. The van der Waals surface area contributed by atoms with Gasteiger partial charge in [-0.2, -0.15) is 0 Å². The van der Waals surface area contributed by atoms with Gasteiger partial charge in [-0.05, 0) is 26.2 Å². The fourth-order valence-electron chi connectivity index (χ4n) is 3.49. The molecule has 0 aromatic heterocycles. The Hall–Kier alpha value is -0.220. The summed E-state index contributed by atoms with van der Waals surface area (Å²) in [7, 11) is -7.41. The lowest BCUT2D eigenvalue weighted by molar-refractivity contribution is -0.120. The third-order valence-electron chi connectivity index (χ3n) is 5.92. The molecule has 0 heterocycles. The molecule has 4 N–H and O–H groups in total. The van der Waals surface area contributed by atoms with Crippen molar-refractivity contribution in [2.75, 3.05) is 5.75 Å². The monoisotopic (exact) mass is 428 g/mol. The Morgan fingerprint density at radius 3 is 1.67 bits per heavy atom. The zero-order valence-corrected chi connectivity index (χ0v) is 19.6. The van der Waals surface area contributed by atoms with Crippen molar-refractivity contribution in [2.24, 2.45) is 21.1 Å². The van der Waals surface area contributed by atoms with Crippen LogP contribution in [0.5, 0.6) is 0 Å². The van der Waals surface area contributed by atoms with E-state index < -0.39 is 36.1 Å². The van der Waals surface area contributed by atoms with E-state index in [0.717, 1.165) is 12.8 Å². The summed E-state index contributed by atoms with van der Waals surface area (Å²) in [5, 5.41) is 9.94. The van der Waals surface area contributed by atoms with Crippen LogP contribution < -0.4 is 10.3 Å². The Morgan fingerprint density at radius 1 is 0.889 bits per heavy atom. The molecule has 4 unspecified atom stereocenters. The van der Waals surface area contributed by atoms with Crippen LogP contribution in [0.25, 0.3) is 0 Å². The third-order valence-corrected chi connectivity index (χ3v) is 8.57. The molecule has 27 heavy (non-hydrogen) atoms. The topological polar surface area (TPSA) is 130 Å². The van der Waals surface area contributed by atoms with Crippen LogP contribution in [-0.4, -0.2) is 40.0 Å². The normalized spacial score (nSPS) is 19.3. The minimum absolute atomic E-state index is 0.175. The van der Waals surface area contributed by atoms with Crippen LogP contribution in [0.3, 0.4) is 0 Å². The number of sulfonamides is 2. The molecule has 0 saturated heterocycles. The molecule has 9 heteroatoms. The van der Waals surface area contributed by atoms with Gasteiger partial charge in [-0.15, -0.1) is 0 Å². The van der Waals surface area contributed by atoms with E-state index in [-0.39, 0.29) is 18.0 Å². The van der Waals surface area contributed by atoms with Gasteiger partial charge in [0.15, 0.2) is 0 Å². The summed E-state index contributed by atoms with van der Waals surface area (Å²) in [5.41, 5.74) is -1.39. The van der Waals surface area contributed by atoms with Crippen LogP contribution in [0.2, 0.25) is 0 Å². The number of ether oxygens (including phenoxy) is 1. The molecule has 0 aliphatic heterocycles. The molecule has 7 nitrogen and oxygen atoms in total. The fraction of sp³-hybridized carbons (Fsp3) is 1.00. The van der Waals surface area contributed by atoms with Gasteiger partial charge in [-0.3, -0.25) is 0 Å². The van der Waals surface area contributed by atoms with Crippen molar-refractivity contribution in [2.45, 2.75) is 98.0 Å². The zero-order valence-electron chi connectivity index (χ0n) is 18.0. The summed E-state index contributed by atoms with van der Waals surface area (Å²) >= 11 is 0. The molecule has 0 aliphatic carbocycles. The van der Waals surface area contributed by atoms with Crippen LogP contribution in [0.1, 0.15) is 80.6 Å². The predicted molar refractivity (Wildman–Crippen MR) is 111 cm³/mol. The highest BCUT2D eigenvalue weighted by atomic mass is 32.2. The first kappa shape index (κ1) is 26.8. The van der Waals surface area contributed by atoms with E-state index >= 15 is 0 Å². The number of hydrogen-bond acceptors (Lipinski definition) is 5.